The van der Waals surface area contributed by atoms with Gasteiger partial charge in [-0.25, -0.2) is 9.50 Å². The van der Waals surface area contributed by atoms with E-state index in [9.17, 15) is 4.79 Å². The van der Waals surface area contributed by atoms with E-state index in [0.29, 0.717) is 17.8 Å². The van der Waals surface area contributed by atoms with Crippen molar-refractivity contribution in [1.29, 1.82) is 0 Å². The maximum Gasteiger partial charge on any atom is 0.255 e. The van der Waals surface area contributed by atoms with Gasteiger partial charge in [-0.1, -0.05) is 67.1 Å². The number of fused-ring (bicyclic) bond motifs is 1. The van der Waals surface area contributed by atoms with Crippen LogP contribution in [0.25, 0.3) is 28.2 Å². The van der Waals surface area contributed by atoms with Crippen molar-refractivity contribution in [3.8, 4) is 22.5 Å². The van der Waals surface area contributed by atoms with Gasteiger partial charge in [0.15, 0.2) is 5.65 Å². The summed E-state index contributed by atoms with van der Waals surface area (Å²) in [6.07, 6.45) is 5.47. The van der Waals surface area contributed by atoms with Crippen LogP contribution in [0.4, 0.5) is 0 Å². The number of aromatic nitrogens is 3. The topological polar surface area (TPSA) is 62.5 Å². The Hall–Kier alpha value is -3.51. The lowest BCUT2D eigenvalue weighted by atomic mass is 10.1. The van der Waals surface area contributed by atoms with Crippen LogP contribution in [-0.2, 0) is 0 Å². The first kappa shape index (κ1) is 20.4. The number of benzene rings is 2. The summed E-state index contributed by atoms with van der Waals surface area (Å²) in [4.78, 5) is 20.2. The van der Waals surface area contributed by atoms with Crippen molar-refractivity contribution in [3.63, 3.8) is 0 Å². The highest BCUT2D eigenvalue weighted by Crippen LogP contribution is 2.27. The van der Waals surface area contributed by atoms with Gasteiger partial charge in [-0.15, -0.1) is 0 Å². The number of rotatable bonds is 6. The van der Waals surface area contributed by atoms with Gasteiger partial charge in [-0.2, -0.15) is 5.10 Å². The van der Waals surface area contributed by atoms with Crippen molar-refractivity contribution in [1.82, 2.24) is 24.8 Å². The number of carbonyl (C=O) groups is 1. The number of carbonyl (C=O) groups excluding carboxylic acids is 1. The summed E-state index contributed by atoms with van der Waals surface area (Å²) in [5.41, 5.74) is 4.79. The van der Waals surface area contributed by atoms with Gasteiger partial charge in [0.2, 0.25) is 0 Å². The minimum Gasteiger partial charge on any atom is -0.351 e. The van der Waals surface area contributed by atoms with Gasteiger partial charge in [0.25, 0.3) is 5.91 Å². The first-order valence-corrected chi connectivity index (χ1v) is 11.3. The standard InChI is InChI=1S/C26H27N5O/c32-26(27-14-17-30-15-8-3-9-16-30)22-19-28-24-18-23(20-10-4-1-5-11-20)29-31(24)25(22)21-12-6-2-7-13-21/h1-2,4-7,10-13,18-19H,3,8-9,14-17H2,(H,27,32). The zero-order valence-corrected chi connectivity index (χ0v) is 18.1. The van der Waals surface area contributed by atoms with Crippen molar-refractivity contribution >= 4 is 11.6 Å². The second kappa shape index (κ2) is 9.32. The lowest BCUT2D eigenvalue weighted by molar-refractivity contribution is 0.0946. The molecule has 0 aliphatic carbocycles. The molecule has 162 valence electrons. The number of piperidine rings is 1. The van der Waals surface area contributed by atoms with Crippen molar-refractivity contribution in [2.24, 2.45) is 0 Å². The fraction of sp³-hybridized carbons (Fsp3) is 0.269. The summed E-state index contributed by atoms with van der Waals surface area (Å²) in [7, 11) is 0. The lowest BCUT2D eigenvalue weighted by Crippen LogP contribution is -2.37. The third kappa shape index (κ3) is 4.27. The summed E-state index contributed by atoms with van der Waals surface area (Å²) < 4.78 is 1.79. The fourth-order valence-corrected chi connectivity index (χ4v) is 4.33. The maximum atomic E-state index is 13.2. The molecule has 1 fully saturated rings. The summed E-state index contributed by atoms with van der Waals surface area (Å²) in [6.45, 7) is 3.74. The molecule has 6 heteroatoms. The number of hydrogen-bond donors (Lipinski definition) is 1. The van der Waals surface area contributed by atoms with E-state index in [4.69, 9.17) is 5.10 Å². The van der Waals surface area contributed by atoms with Crippen LogP contribution < -0.4 is 5.32 Å². The van der Waals surface area contributed by atoms with E-state index < -0.39 is 0 Å². The first-order valence-electron chi connectivity index (χ1n) is 11.3. The van der Waals surface area contributed by atoms with Gasteiger partial charge in [0, 0.05) is 36.5 Å². The second-order valence-corrected chi connectivity index (χ2v) is 8.21. The van der Waals surface area contributed by atoms with Crippen molar-refractivity contribution < 1.29 is 4.79 Å². The Morgan fingerprint density at radius 2 is 1.59 bits per heavy atom. The van der Waals surface area contributed by atoms with E-state index in [-0.39, 0.29) is 5.91 Å². The average molecular weight is 426 g/mol. The molecule has 1 aliphatic heterocycles. The molecule has 0 saturated carbocycles. The van der Waals surface area contributed by atoms with Gasteiger partial charge in [0.1, 0.15) is 0 Å². The summed E-state index contributed by atoms with van der Waals surface area (Å²) in [6, 6.07) is 21.9. The SMILES string of the molecule is O=C(NCCN1CCCCC1)c1cnc2cc(-c3ccccc3)nn2c1-c1ccccc1. The van der Waals surface area contributed by atoms with Gasteiger partial charge in [0.05, 0.1) is 17.0 Å². The quantitative estimate of drug-likeness (QED) is 0.501. The Balaban J connectivity index is 1.48. The van der Waals surface area contributed by atoms with Crippen LogP contribution in [0, 0.1) is 0 Å². The van der Waals surface area contributed by atoms with Gasteiger partial charge in [-0.3, -0.25) is 4.79 Å². The average Bonchev–Trinajstić information content (AvgIpc) is 3.29. The highest BCUT2D eigenvalue weighted by atomic mass is 16.1. The van der Waals surface area contributed by atoms with Gasteiger partial charge in [-0.05, 0) is 25.9 Å². The number of likely N-dealkylation sites (tertiary alicyclic amines) is 1. The molecule has 1 saturated heterocycles. The molecule has 2 aromatic carbocycles. The second-order valence-electron chi connectivity index (χ2n) is 8.21. The molecule has 0 spiro atoms. The molecular formula is C26H27N5O. The molecule has 1 amide bonds. The highest BCUT2D eigenvalue weighted by molar-refractivity contribution is 6.00. The van der Waals surface area contributed by atoms with E-state index in [2.05, 4.69) is 15.2 Å². The van der Waals surface area contributed by atoms with Crippen molar-refractivity contribution in [2.75, 3.05) is 26.2 Å². The molecule has 4 aromatic rings. The number of nitrogens with one attached hydrogen (secondary N) is 1. The van der Waals surface area contributed by atoms with Crippen LogP contribution in [-0.4, -0.2) is 51.6 Å². The predicted octanol–water partition coefficient (Wildman–Crippen LogP) is 4.28. The largest absolute Gasteiger partial charge is 0.351 e. The lowest BCUT2D eigenvalue weighted by Gasteiger charge is -2.26. The Morgan fingerprint density at radius 3 is 2.31 bits per heavy atom. The van der Waals surface area contributed by atoms with Crippen LogP contribution in [0.1, 0.15) is 29.6 Å². The molecule has 32 heavy (non-hydrogen) atoms. The molecule has 3 heterocycles. The zero-order chi connectivity index (χ0) is 21.8. The van der Waals surface area contributed by atoms with E-state index >= 15 is 0 Å². The van der Waals surface area contributed by atoms with E-state index in [0.717, 1.165) is 42.1 Å². The Morgan fingerprint density at radius 1 is 0.906 bits per heavy atom. The van der Waals surface area contributed by atoms with Gasteiger partial charge >= 0.3 is 0 Å². The molecule has 0 bridgehead atoms. The molecule has 1 aliphatic rings. The molecule has 0 atom stereocenters. The molecule has 0 radical (unpaired) electrons. The third-order valence-electron chi connectivity index (χ3n) is 6.01. The van der Waals surface area contributed by atoms with E-state index in [1.54, 1.807) is 10.7 Å². The molecule has 6 nitrogen and oxygen atoms in total. The Labute approximate surface area is 187 Å². The summed E-state index contributed by atoms with van der Waals surface area (Å²) in [5.74, 6) is -0.118. The minimum atomic E-state index is -0.118. The van der Waals surface area contributed by atoms with Crippen molar-refractivity contribution in [2.45, 2.75) is 19.3 Å². The van der Waals surface area contributed by atoms with Crippen LogP contribution in [0.15, 0.2) is 72.9 Å². The zero-order valence-electron chi connectivity index (χ0n) is 18.1. The first-order chi connectivity index (χ1) is 15.8. The molecule has 5 rings (SSSR count). The number of nitrogens with zero attached hydrogens (tertiary/aromatic N) is 4. The normalized spacial score (nSPS) is 14.5. The number of amides is 1. The van der Waals surface area contributed by atoms with E-state index in [1.807, 2.05) is 66.7 Å². The minimum absolute atomic E-state index is 0.118. The summed E-state index contributed by atoms with van der Waals surface area (Å²) >= 11 is 0. The maximum absolute atomic E-state index is 13.2. The smallest absolute Gasteiger partial charge is 0.255 e. The molecular weight excluding hydrogens is 398 g/mol. The Bertz CT molecular complexity index is 1200. The van der Waals surface area contributed by atoms with Crippen LogP contribution in [0.2, 0.25) is 0 Å². The Kier molecular flexibility index (Phi) is 5.94. The van der Waals surface area contributed by atoms with Crippen LogP contribution >= 0.6 is 0 Å². The van der Waals surface area contributed by atoms with Crippen LogP contribution in [0.5, 0.6) is 0 Å². The third-order valence-corrected chi connectivity index (χ3v) is 6.01. The fourth-order valence-electron chi connectivity index (χ4n) is 4.33. The van der Waals surface area contributed by atoms with Crippen LogP contribution in [0.3, 0.4) is 0 Å². The number of hydrogen-bond acceptors (Lipinski definition) is 4. The summed E-state index contributed by atoms with van der Waals surface area (Å²) in [5, 5.41) is 7.92. The monoisotopic (exact) mass is 425 g/mol. The van der Waals surface area contributed by atoms with Gasteiger partial charge < -0.3 is 10.2 Å². The van der Waals surface area contributed by atoms with E-state index in [1.165, 1.54) is 19.3 Å². The molecule has 0 unspecified atom stereocenters. The predicted molar refractivity (Wildman–Crippen MR) is 126 cm³/mol. The highest BCUT2D eigenvalue weighted by Gasteiger charge is 2.19. The molecule has 1 N–H and O–H groups in total. The molecule has 2 aromatic heterocycles. The van der Waals surface area contributed by atoms with Crippen molar-refractivity contribution in [3.05, 3.63) is 78.5 Å².